The summed E-state index contributed by atoms with van der Waals surface area (Å²) in [6, 6.07) is 1.30. The van der Waals surface area contributed by atoms with Gasteiger partial charge in [0.2, 0.25) is 5.88 Å². The molecular weight excluding hydrogens is 328 g/mol. The lowest BCUT2D eigenvalue weighted by Gasteiger charge is -2.13. The summed E-state index contributed by atoms with van der Waals surface area (Å²) in [6.07, 6.45) is 7.13. The third-order valence-corrected chi connectivity index (χ3v) is 4.37. The molecule has 2 aromatic heterocycles. The maximum Gasteiger partial charge on any atom is 0.322 e. The number of aromatic hydroxyl groups is 1. The zero-order valence-electron chi connectivity index (χ0n) is 13.6. The van der Waals surface area contributed by atoms with Crippen LogP contribution in [0, 0.1) is 5.92 Å². The number of carbonyl (C=O) groups excluding carboxylic acids is 1. The Morgan fingerprint density at radius 3 is 2.84 bits per heavy atom. The van der Waals surface area contributed by atoms with Crippen molar-refractivity contribution >= 4 is 17.5 Å². The van der Waals surface area contributed by atoms with Gasteiger partial charge in [-0.3, -0.25) is 9.59 Å². The Morgan fingerprint density at radius 1 is 1.36 bits per heavy atom. The van der Waals surface area contributed by atoms with E-state index >= 15 is 0 Å². The number of rotatable bonds is 7. The largest absolute Gasteiger partial charge is 0.507 e. The summed E-state index contributed by atoms with van der Waals surface area (Å²) in [5, 5.41) is 25.1. The van der Waals surface area contributed by atoms with E-state index in [0.29, 0.717) is 12.5 Å². The number of hydrogen-bond acceptors (Lipinski definition) is 6. The Bertz CT molecular complexity index is 782. The van der Waals surface area contributed by atoms with E-state index in [1.807, 2.05) is 0 Å². The monoisotopic (exact) mass is 348 g/mol. The predicted octanol–water partition coefficient (Wildman–Crippen LogP) is 1.21. The number of nitrogens with one attached hydrogen (secondary N) is 1. The molecule has 0 unspecified atom stereocenters. The van der Waals surface area contributed by atoms with Crippen molar-refractivity contribution in [1.82, 2.24) is 19.9 Å². The quantitative estimate of drug-likeness (QED) is 0.686. The molecule has 1 fully saturated rings. The fourth-order valence-electron chi connectivity index (χ4n) is 3.13. The van der Waals surface area contributed by atoms with Gasteiger partial charge in [0.25, 0.3) is 5.91 Å². The highest BCUT2D eigenvalue weighted by atomic mass is 16.5. The lowest BCUT2D eigenvalue weighted by Crippen LogP contribution is -2.29. The highest BCUT2D eigenvalue weighted by Crippen LogP contribution is 2.29. The topological polar surface area (TPSA) is 126 Å². The number of fused-ring (bicyclic) bond motifs is 1. The van der Waals surface area contributed by atoms with E-state index in [2.05, 4.69) is 15.4 Å². The predicted molar refractivity (Wildman–Crippen MR) is 86.7 cm³/mol. The lowest BCUT2D eigenvalue weighted by atomic mass is 10.1. The zero-order chi connectivity index (χ0) is 17.8. The number of carboxylic acids is 1. The molecule has 9 nitrogen and oxygen atoms in total. The van der Waals surface area contributed by atoms with Crippen molar-refractivity contribution in [1.29, 1.82) is 0 Å². The number of pyridine rings is 1. The number of carboxylic acid groups (broad SMARTS) is 1. The first-order valence-electron chi connectivity index (χ1n) is 8.24. The first-order valence-corrected chi connectivity index (χ1v) is 8.24. The van der Waals surface area contributed by atoms with Crippen molar-refractivity contribution < 1.29 is 24.5 Å². The molecule has 1 aliphatic rings. The molecule has 2 heterocycles. The standard InChI is InChI=1S/C16H20N4O5/c21-11-7-12(25-6-5-10-3-1-2-4-10)20-15(18-9-19-20)14(11)16(24)17-8-13(22)23/h7,9-10,21H,1-6,8H2,(H,17,24)(H,22,23). The zero-order valence-corrected chi connectivity index (χ0v) is 13.6. The molecule has 1 aliphatic carbocycles. The average molecular weight is 348 g/mol. The van der Waals surface area contributed by atoms with Crippen molar-refractivity contribution in [3.05, 3.63) is 18.0 Å². The molecule has 1 saturated carbocycles. The number of aliphatic carboxylic acids is 1. The molecule has 134 valence electrons. The number of carbonyl (C=O) groups is 2. The van der Waals surface area contributed by atoms with Crippen LogP contribution in [0.1, 0.15) is 42.5 Å². The van der Waals surface area contributed by atoms with Crippen LogP contribution in [0.5, 0.6) is 11.6 Å². The fraction of sp³-hybridized carbons (Fsp3) is 0.500. The Labute approximate surface area is 143 Å². The van der Waals surface area contributed by atoms with Gasteiger partial charge in [0.1, 0.15) is 24.2 Å². The van der Waals surface area contributed by atoms with Crippen LogP contribution in [0.25, 0.3) is 5.65 Å². The number of ether oxygens (including phenoxy) is 1. The molecule has 0 bridgehead atoms. The summed E-state index contributed by atoms with van der Waals surface area (Å²) < 4.78 is 7.05. The van der Waals surface area contributed by atoms with Gasteiger partial charge in [-0.25, -0.2) is 4.98 Å². The highest BCUT2D eigenvalue weighted by Gasteiger charge is 2.22. The second kappa shape index (κ2) is 7.37. The first kappa shape index (κ1) is 17.0. The maximum atomic E-state index is 12.1. The average Bonchev–Trinajstić information content (AvgIpc) is 3.24. The van der Waals surface area contributed by atoms with Crippen LogP contribution in [0.15, 0.2) is 12.4 Å². The van der Waals surface area contributed by atoms with Gasteiger partial charge < -0.3 is 20.3 Å². The second-order valence-electron chi connectivity index (χ2n) is 6.10. The van der Waals surface area contributed by atoms with E-state index in [1.54, 1.807) is 0 Å². The smallest absolute Gasteiger partial charge is 0.322 e. The van der Waals surface area contributed by atoms with E-state index in [0.717, 1.165) is 6.42 Å². The molecule has 2 aromatic rings. The summed E-state index contributed by atoms with van der Waals surface area (Å²) in [4.78, 5) is 26.7. The number of hydrogen-bond donors (Lipinski definition) is 3. The van der Waals surface area contributed by atoms with E-state index in [4.69, 9.17) is 9.84 Å². The molecular formula is C16H20N4O5. The van der Waals surface area contributed by atoms with Crippen LogP contribution in [0.3, 0.4) is 0 Å². The van der Waals surface area contributed by atoms with Gasteiger partial charge in [-0.1, -0.05) is 25.7 Å². The van der Waals surface area contributed by atoms with Gasteiger partial charge in [0, 0.05) is 6.07 Å². The maximum absolute atomic E-state index is 12.1. The van der Waals surface area contributed by atoms with Crippen LogP contribution < -0.4 is 10.1 Å². The minimum Gasteiger partial charge on any atom is -0.507 e. The van der Waals surface area contributed by atoms with Gasteiger partial charge in [-0.15, -0.1) is 0 Å². The molecule has 0 atom stereocenters. The Hall–Kier alpha value is -2.84. The number of amides is 1. The molecule has 9 heteroatoms. The van der Waals surface area contributed by atoms with Crippen LogP contribution >= 0.6 is 0 Å². The summed E-state index contributed by atoms with van der Waals surface area (Å²) in [5.74, 6) is -1.30. The molecule has 0 saturated heterocycles. The van der Waals surface area contributed by atoms with Crippen LogP contribution in [-0.4, -0.2) is 49.8 Å². The van der Waals surface area contributed by atoms with Gasteiger partial charge in [-0.05, 0) is 12.3 Å². The van der Waals surface area contributed by atoms with Crippen molar-refractivity contribution in [2.75, 3.05) is 13.2 Å². The number of aromatic nitrogens is 3. The molecule has 0 spiro atoms. The molecule has 3 rings (SSSR count). The highest BCUT2D eigenvalue weighted by molar-refractivity contribution is 6.03. The Morgan fingerprint density at radius 2 is 2.12 bits per heavy atom. The van der Waals surface area contributed by atoms with Gasteiger partial charge in [0.05, 0.1) is 6.61 Å². The lowest BCUT2D eigenvalue weighted by molar-refractivity contribution is -0.135. The molecule has 3 N–H and O–H groups in total. The third-order valence-electron chi connectivity index (χ3n) is 4.37. The molecule has 1 amide bonds. The van der Waals surface area contributed by atoms with Crippen molar-refractivity contribution in [3.8, 4) is 11.6 Å². The second-order valence-corrected chi connectivity index (χ2v) is 6.10. The van der Waals surface area contributed by atoms with E-state index in [1.165, 1.54) is 42.6 Å². The third kappa shape index (κ3) is 3.81. The van der Waals surface area contributed by atoms with Crippen molar-refractivity contribution in [2.24, 2.45) is 5.92 Å². The molecule has 0 aliphatic heterocycles. The Balaban J connectivity index is 1.77. The SMILES string of the molecule is O=C(O)CNC(=O)c1c(O)cc(OCCC2CCCC2)n2ncnc12. The van der Waals surface area contributed by atoms with Crippen molar-refractivity contribution in [3.63, 3.8) is 0 Å². The van der Waals surface area contributed by atoms with Crippen molar-refractivity contribution in [2.45, 2.75) is 32.1 Å². The van der Waals surface area contributed by atoms with E-state index < -0.39 is 18.4 Å². The first-order chi connectivity index (χ1) is 12.1. The fourth-order valence-corrected chi connectivity index (χ4v) is 3.13. The minimum atomic E-state index is -1.18. The molecule has 25 heavy (non-hydrogen) atoms. The van der Waals surface area contributed by atoms with Crippen LogP contribution in [-0.2, 0) is 4.79 Å². The van der Waals surface area contributed by atoms with Gasteiger partial charge in [-0.2, -0.15) is 9.61 Å². The summed E-state index contributed by atoms with van der Waals surface area (Å²) in [7, 11) is 0. The number of nitrogens with zero attached hydrogens (tertiary/aromatic N) is 3. The van der Waals surface area contributed by atoms with Crippen LogP contribution in [0.2, 0.25) is 0 Å². The summed E-state index contributed by atoms with van der Waals surface area (Å²) in [5.41, 5.74) is -0.0272. The summed E-state index contributed by atoms with van der Waals surface area (Å²) in [6.45, 7) is -0.0676. The van der Waals surface area contributed by atoms with Gasteiger partial charge >= 0.3 is 5.97 Å². The van der Waals surface area contributed by atoms with Crippen LogP contribution in [0.4, 0.5) is 0 Å². The van der Waals surface area contributed by atoms with Gasteiger partial charge in [0.15, 0.2) is 5.65 Å². The van der Waals surface area contributed by atoms with E-state index in [9.17, 15) is 14.7 Å². The molecule has 0 radical (unpaired) electrons. The molecule has 0 aromatic carbocycles. The van der Waals surface area contributed by atoms with E-state index in [-0.39, 0.29) is 22.8 Å². The normalized spacial score (nSPS) is 14.7. The Kier molecular flexibility index (Phi) is 5.01. The minimum absolute atomic E-state index is 0.110. The summed E-state index contributed by atoms with van der Waals surface area (Å²) >= 11 is 0.